The van der Waals surface area contributed by atoms with E-state index in [0.29, 0.717) is 56.3 Å². The zero-order valence-corrected chi connectivity index (χ0v) is 27.6. The predicted molar refractivity (Wildman–Crippen MR) is 170 cm³/mol. The van der Waals surface area contributed by atoms with Crippen LogP contribution < -0.4 is 15.0 Å². The van der Waals surface area contributed by atoms with Crippen molar-refractivity contribution in [2.75, 3.05) is 32.8 Å². The number of carbonyl (C=O) groups is 1. The van der Waals surface area contributed by atoms with Crippen LogP contribution in [0.2, 0.25) is 0 Å². The van der Waals surface area contributed by atoms with Gasteiger partial charge in [-0.05, 0) is 98.2 Å². The molecule has 268 valence electrons. The Bertz CT molecular complexity index is 1660. The minimum absolute atomic E-state index is 0. The lowest BCUT2D eigenvalue weighted by Crippen LogP contribution is -2.58. The van der Waals surface area contributed by atoms with Crippen LogP contribution >= 0.6 is 0 Å². The second-order valence-corrected chi connectivity index (χ2v) is 14.8. The van der Waals surface area contributed by atoms with E-state index in [4.69, 9.17) is 14.3 Å². The number of nitrogens with one attached hydrogen (secondary N) is 1. The topological polar surface area (TPSA) is 147 Å². The number of rotatable bonds is 14. The van der Waals surface area contributed by atoms with Crippen molar-refractivity contribution in [1.82, 2.24) is 30.6 Å². The number of hydrogen-bond acceptors (Lipinski definition) is 11. The molecule has 17 heteroatoms. The van der Waals surface area contributed by atoms with Crippen molar-refractivity contribution in [3.8, 4) is 22.9 Å². The second-order valence-electron chi connectivity index (χ2n) is 12.5. The van der Waals surface area contributed by atoms with Crippen LogP contribution in [-0.4, -0.2) is 89.7 Å². The molecule has 3 aliphatic rings. The van der Waals surface area contributed by atoms with Gasteiger partial charge >= 0.3 is 6.36 Å². The molecule has 3 aromatic rings. The Hall–Kier alpha value is -3.80. The average molecular weight is 711 g/mol. The molecule has 0 bridgehead atoms. The van der Waals surface area contributed by atoms with E-state index >= 15 is 0 Å². The Balaban J connectivity index is 0.00000486. The highest BCUT2D eigenvalue weighted by Crippen LogP contribution is 2.38. The molecule has 3 heterocycles. The first kappa shape index (κ1) is 35.0. The molecule has 1 aromatic heterocycles. The zero-order valence-electron chi connectivity index (χ0n) is 26.8. The molecule has 1 amide bonds. The number of piperidine rings is 1. The quantitative estimate of drug-likeness (QED) is 0.186. The van der Waals surface area contributed by atoms with Gasteiger partial charge in [-0.15, -0.1) is 23.4 Å². The monoisotopic (exact) mass is 710 g/mol. The summed E-state index contributed by atoms with van der Waals surface area (Å²) in [6.45, 7) is 3.04. The van der Waals surface area contributed by atoms with Crippen molar-refractivity contribution in [2.24, 2.45) is 5.92 Å². The Morgan fingerprint density at radius 1 is 1.02 bits per heavy atom. The van der Waals surface area contributed by atoms with Gasteiger partial charge < -0.3 is 19.1 Å². The van der Waals surface area contributed by atoms with Gasteiger partial charge in [0.05, 0.1) is 18.0 Å². The Morgan fingerprint density at radius 2 is 1.73 bits per heavy atom. The normalized spacial score (nSPS) is 20.1. The Kier molecular flexibility index (Phi) is 10.7. The molecule has 1 N–H and O–H groups in total. The van der Waals surface area contributed by atoms with E-state index in [2.05, 4.69) is 30.5 Å². The average Bonchev–Trinajstić information content (AvgIpc) is 3.79. The third-order valence-corrected chi connectivity index (χ3v) is 11.4. The van der Waals surface area contributed by atoms with Crippen molar-refractivity contribution >= 4 is 15.7 Å². The fraction of sp³-hybridized carbons (Fsp3) is 0.562. The summed E-state index contributed by atoms with van der Waals surface area (Å²) in [5.74, 6) is 0.313. The minimum Gasteiger partial charge on any atom is -0.494 e. The number of sulfone groups is 1. The smallest absolute Gasteiger partial charge is 0.494 e. The number of halogens is 3. The maximum Gasteiger partial charge on any atom is 0.573 e. The first-order valence-electron chi connectivity index (χ1n) is 16.4. The number of benzene rings is 2. The molecule has 3 fully saturated rings. The summed E-state index contributed by atoms with van der Waals surface area (Å²) in [6, 6.07) is 11.2. The molecule has 1 atom stereocenters. The number of aromatic nitrogens is 4. The van der Waals surface area contributed by atoms with Crippen LogP contribution in [0.4, 0.5) is 13.2 Å². The zero-order chi connectivity index (χ0) is 34.5. The highest BCUT2D eigenvalue weighted by Gasteiger charge is 2.53. The number of hydrogen-bond donors (Lipinski definition) is 1. The summed E-state index contributed by atoms with van der Waals surface area (Å²) in [6.07, 6.45) is 0.210. The highest BCUT2D eigenvalue weighted by atomic mass is 32.2. The molecule has 1 unspecified atom stereocenters. The molecular formula is C32H41F3N6O7S. The van der Waals surface area contributed by atoms with E-state index in [1.165, 1.54) is 54.0 Å². The van der Waals surface area contributed by atoms with E-state index in [0.717, 1.165) is 19.4 Å². The van der Waals surface area contributed by atoms with Gasteiger partial charge in [-0.1, -0.05) is 0 Å². The Labute approximate surface area is 283 Å². The van der Waals surface area contributed by atoms with Crippen molar-refractivity contribution in [2.45, 2.75) is 80.2 Å². The van der Waals surface area contributed by atoms with Crippen LogP contribution in [-0.2, 0) is 30.8 Å². The summed E-state index contributed by atoms with van der Waals surface area (Å²) in [5, 5.41) is 12.2. The first-order valence-corrected chi connectivity index (χ1v) is 17.9. The van der Waals surface area contributed by atoms with Gasteiger partial charge in [-0.25, -0.2) is 18.7 Å². The number of alkyl halides is 3. The number of nitrogens with zero attached hydrogens (tertiary/aromatic N) is 5. The number of hydroxylamine groups is 1. The molecular weight excluding hydrogens is 669 g/mol. The maximum absolute atomic E-state index is 14.2. The van der Waals surface area contributed by atoms with Gasteiger partial charge in [0.2, 0.25) is 5.82 Å². The summed E-state index contributed by atoms with van der Waals surface area (Å²) in [4.78, 5) is 22.8. The predicted octanol–water partition coefficient (Wildman–Crippen LogP) is 4.55. The van der Waals surface area contributed by atoms with E-state index in [1.807, 2.05) is 0 Å². The number of likely N-dealkylation sites (tertiary alicyclic amines) is 1. The molecule has 13 nitrogen and oxygen atoms in total. The SMILES string of the molecule is O=C(NOC1CCCCO1)C1(S(=O)(=O)c2ccc(OCCCn3nnc(-c4ccc(OC(F)(F)F)cc4)n3)cc2)CCN(CC2CC2)CC1.[HH]. The Morgan fingerprint density at radius 3 is 2.39 bits per heavy atom. The second kappa shape index (κ2) is 15.0. The lowest BCUT2D eigenvalue weighted by molar-refractivity contribution is -0.274. The van der Waals surface area contributed by atoms with Crippen LogP contribution in [0.3, 0.4) is 0 Å². The van der Waals surface area contributed by atoms with Crippen molar-refractivity contribution < 1.29 is 46.9 Å². The third-order valence-electron chi connectivity index (χ3n) is 8.93. The van der Waals surface area contributed by atoms with Crippen LogP contribution in [0.5, 0.6) is 11.5 Å². The highest BCUT2D eigenvalue weighted by molar-refractivity contribution is 7.93. The van der Waals surface area contributed by atoms with Gasteiger partial charge in [0.25, 0.3) is 5.91 Å². The van der Waals surface area contributed by atoms with E-state index < -0.39 is 33.1 Å². The van der Waals surface area contributed by atoms with Gasteiger partial charge in [-0.2, -0.15) is 4.80 Å². The van der Waals surface area contributed by atoms with Crippen LogP contribution in [0.15, 0.2) is 53.4 Å². The molecule has 0 radical (unpaired) electrons. The third kappa shape index (κ3) is 8.87. The van der Waals surface area contributed by atoms with E-state index in [9.17, 15) is 26.4 Å². The van der Waals surface area contributed by atoms with E-state index in [-0.39, 0.29) is 37.3 Å². The summed E-state index contributed by atoms with van der Waals surface area (Å²) >= 11 is 0. The maximum atomic E-state index is 14.2. The lowest BCUT2D eigenvalue weighted by atomic mass is 9.94. The summed E-state index contributed by atoms with van der Waals surface area (Å²) in [5.41, 5.74) is 2.91. The number of tetrazole rings is 1. The molecule has 6 rings (SSSR count). The summed E-state index contributed by atoms with van der Waals surface area (Å²) < 4.78 is 79.1. The molecule has 1 saturated carbocycles. The fourth-order valence-electron chi connectivity index (χ4n) is 5.99. The van der Waals surface area contributed by atoms with Crippen molar-refractivity contribution in [3.05, 3.63) is 48.5 Å². The number of ether oxygens (including phenoxy) is 3. The molecule has 49 heavy (non-hydrogen) atoms. The molecule has 1 aliphatic carbocycles. The standard InChI is InChI=1S/C32H39F3N6O7S.H2/c33-32(34,35)47-26-9-7-24(8-10-26)29-36-39-41(37-29)17-3-21-45-25-11-13-27(14-12-25)49(43,44)31(15-18-40(19-16-31)22-23-5-6-23)30(42)38-48-28-4-1-2-20-46-28;/h7-14,23,28H,1-6,15-22H2,(H,38,42);1H. The minimum atomic E-state index is -4.78. The van der Waals surface area contributed by atoms with Gasteiger partial charge in [-0.3, -0.25) is 4.79 Å². The van der Waals surface area contributed by atoms with Crippen LogP contribution in [0.25, 0.3) is 11.4 Å². The number of aryl methyl sites for hydroxylation is 1. The first-order chi connectivity index (χ1) is 23.5. The van der Waals surface area contributed by atoms with Crippen molar-refractivity contribution in [3.63, 3.8) is 0 Å². The van der Waals surface area contributed by atoms with Crippen LogP contribution in [0.1, 0.15) is 52.8 Å². The molecule has 0 spiro atoms. The number of carbonyl (C=O) groups excluding carboxylic acids is 1. The van der Waals surface area contributed by atoms with Gasteiger partial charge in [0.15, 0.2) is 20.9 Å². The van der Waals surface area contributed by atoms with Crippen molar-refractivity contribution in [1.29, 1.82) is 0 Å². The van der Waals surface area contributed by atoms with Gasteiger partial charge in [0, 0.05) is 46.1 Å². The lowest BCUT2D eigenvalue weighted by Gasteiger charge is -2.40. The van der Waals surface area contributed by atoms with E-state index in [1.54, 1.807) is 12.1 Å². The molecule has 2 saturated heterocycles. The van der Waals surface area contributed by atoms with Crippen LogP contribution in [0, 0.1) is 5.92 Å². The fourth-order valence-corrected chi connectivity index (χ4v) is 7.94. The number of amides is 1. The largest absolute Gasteiger partial charge is 0.573 e. The molecule has 2 aliphatic heterocycles. The van der Waals surface area contributed by atoms with Gasteiger partial charge in [0.1, 0.15) is 11.5 Å². The molecule has 2 aromatic carbocycles. The summed E-state index contributed by atoms with van der Waals surface area (Å²) in [7, 11) is -4.12.